The molecular formula is C46H37N. The van der Waals surface area contributed by atoms with E-state index in [1.807, 2.05) is 0 Å². The fraction of sp³-hybridized carbons (Fsp3) is 0.130. The first-order chi connectivity index (χ1) is 22.8. The average molecular weight is 604 g/mol. The fourth-order valence-corrected chi connectivity index (χ4v) is 8.45. The molecule has 1 heteroatoms. The molecule has 0 bridgehead atoms. The highest BCUT2D eigenvalue weighted by atomic mass is 15.1. The van der Waals surface area contributed by atoms with Crippen molar-refractivity contribution in [3.05, 3.63) is 174 Å². The molecule has 2 aliphatic rings. The molecule has 0 amide bonds. The van der Waals surface area contributed by atoms with Crippen LogP contribution < -0.4 is 4.90 Å². The van der Waals surface area contributed by atoms with Crippen molar-refractivity contribution in [3.8, 4) is 33.4 Å². The smallest absolute Gasteiger partial charge is 0.0540 e. The number of fused-ring (bicyclic) bond motifs is 7. The number of nitrogens with zero attached hydrogens (tertiary/aromatic N) is 1. The van der Waals surface area contributed by atoms with Crippen molar-refractivity contribution in [1.82, 2.24) is 0 Å². The van der Waals surface area contributed by atoms with E-state index >= 15 is 0 Å². The summed E-state index contributed by atoms with van der Waals surface area (Å²) in [5.41, 5.74) is 16.8. The van der Waals surface area contributed by atoms with Gasteiger partial charge in [0.2, 0.25) is 0 Å². The average Bonchev–Trinajstić information content (AvgIpc) is 3.48. The van der Waals surface area contributed by atoms with E-state index in [4.69, 9.17) is 0 Å². The molecule has 7 aromatic carbocycles. The van der Waals surface area contributed by atoms with E-state index in [1.165, 1.54) is 83.5 Å². The molecule has 1 nitrogen and oxygen atoms in total. The van der Waals surface area contributed by atoms with E-state index < -0.39 is 0 Å². The van der Waals surface area contributed by atoms with Crippen LogP contribution in [0.4, 0.5) is 17.1 Å². The highest BCUT2D eigenvalue weighted by molar-refractivity contribution is 6.01. The Kier molecular flexibility index (Phi) is 5.96. The summed E-state index contributed by atoms with van der Waals surface area (Å²) in [5, 5.41) is 2.48. The maximum Gasteiger partial charge on any atom is 0.0540 e. The van der Waals surface area contributed by atoms with Crippen molar-refractivity contribution < 1.29 is 0 Å². The molecule has 0 heterocycles. The quantitative estimate of drug-likeness (QED) is 0.193. The third kappa shape index (κ3) is 4.02. The summed E-state index contributed by atoms with van der Waals surface area (Å²) in [5.74, 6) is 0. The number of rotatable bonds is 4. The topological polar surface area (TPSA) is 3.24 Å². The Morgan fingerprint density at radius 3 is 1.87 bits per heavy atom. The lowest BCUT2D eigenvalue weighted by atomic mass is 9.82. The van der Waals surface area contributed by atoms with Crippen LogP contribution in [0.5, 0.6) is 0 Å². The molecule has 2 aliphatic carbocycles. The Morgan fingerprint density at radius 2 is 1.00 bits per heavy atom. The molecule has 0 unspecified atom stereocenters. The molecule has 0 aromatic heterocycles. The van der Waals surface area contributed by atoms with Gasteiger partial charge in [0, 0.05) is 27.6 Å². The van der Waals surface area contributed by atoms with Crippen LogP contribution in [-0.2, 0) is 10.8 Å². The van der Waals surface area contributed by atoms with E-state index in [0.717, 1.165) is 0 Å². The van der Waals surface area contributed by atoms with Gasteiger partial charge < -0.3 is 4.90 Å². The largest absolute Gasteiger partial charge is 0.310 e. The van der Waals surface area contributed by atoms with Gasteiger partial charge in [0.25, 0.3) is 0 Å². The Hall–Kier alpha value is -5.40. The predicted molar refractivity (Wildman–Crippen MR) is 199 cm³/mol. The van der Waals surface area contributed by atoms with Crippen molar-refractivity contribution >= 4 is 27.8 Å². The van der Waals surface area contributed by atoms with E-state index in [9.17, 15) is 0 Å². The lowest BCUT2D eigenvalue weighted by Crippen LogP contribution is -2.17. The summed E-state index contributed by atoms with van der Waals surface area (Å²) >= 11 is 0. The molecule has 0 spiro atoms. The maximum atomic E-state index is 2.48. The van der Waals surface area contributed by atoms with Crippen molar-refractivity contribution in [2.24, 2.45) is 0 Å². The van der Waals surface area contributed by atoms with Crippen molar-refractivity contribution in [1.29, 1.82) is 0 Å². The minimum absolute atomic E-state index is 0.0855. The van der Waals surface area contributed by atoms with Gasteiger partial charge in [0.1, 0.15) is 0 Å². The first kappa shape index (κ1) is 27.9. The Morgan fingerprint density at radius 1 is 0.404 bits per heavy atom. The van der Waals surface area contributed by atoms with E-state index in [1.54, 1.807) is 0 Å². The van der Waals surface area contributed by atoms with Crippen LogP contribution in [0.1, 0.15) is 49.9 Å². The van der Waals surface area contributed by atoms with E-state index in [-0.39, 0.29) is 10.8 Å². The molecule has 226 valence electrons. The SMILES string of the molecule is CC1(C)c2ccccc2-c2ccc(N(c3ccc4c(c3)-c3c(-c5ccccc5)cccc3C4(C)C)c3cccc4ccccc34)cc21. The second-order valence-corrected chi connectivity index (χ2v) is 14.2. The van der Waals surface area contributed by atoms with Gasteiger partial charge in [0.15, 0.2) is 0 Å². The molecule has 0 saturated heterocycles. The van der Waals surface area contributed by atoms with Crippen molar-refractivity contribution in [2.75, 3.05) is 4.90 Å². The number of anilines is 3. The summed E-state index contributed by atoms with van der Waals surface area (Å²) in [4.78, 5) is 2.48. The van der Waals surface area contributed by atoms with Crippen LogP contribution in [0.3, 0.4) is 0 Å². The molecule has 0 saturated carbocycles. The third-order valence-corrected chi connectivity index (χ3v) is 10.9. The fourth-order valence-electron chi connectivity index (χ4n) is 8.45. The van der Waals surface area contributed by atoms with Gasteiger partial charge >= 0.3 is 0 Å². The predicted octanol–water partition coefficient (Wildman–Crippen LogP) is 12.6. The summed E-state index contributed by atoms with van der Waals surface area (Å²) in [6.45, 7) is 9.47. The van der Waals surface area contributed by atoms with Crippen LogP contribution in [-0.4, -0.2) is 0 Å². The number of hydrogen-bond acceptors (Lipinski definition) is 1. The number of hydrogen-bond donors (Lipinski definition) is 0. The van der Waals surface area contributed by atoms with Crippen LogP contribution >= 0.6 is 0 Å². The van der Waals surface area contributed by atoms with Crippen LogP contribution in [0.15, 0.2) is 152 Å². The second-order valence-electron chi connectivity index (χ2n) is 14.2. The van der Waals surface area contributed by atoms with Gasteiger partial charge in [-0.3, -0.25) is 0 Å². The van der Waals surface area contributed by atoms with E-state index in [2.05, 4.69) is 184 Å². The maximum absolute atomic E-state index is 2.48. The summed E-state index contributed by atoms with van der Waals surface area (Å²) in [6.07, 6.45) is 0. The molecule has 0 radical (unpaired) electrons. The van der Waals surface area contributed by atoms with E-state index in [0.29, 0.717) is 0 Å². The van der Waals surface area contributed by atoms with Gasteiger partial charge in [0.05, 0.1) is 5.69 Å². The van der Waals surface area contributed by atoms with Crippen molar-refractivity contribution in [2.45, 2.75) is 38.5 Å². The van der Waals surface area contributed by atoms with Gasteiger partial charge in [-0.25, -0.2) is 0 Å². The molecule has 7 aromatic rings. The zero-order valence-corrected chi connectivity index (χ0v) is 27.4. The molecule has 0 N–H and O–H groups in total. The Labute approximate surface area is 277 Å². The minimum Gasteiger partial charge on any atom is -0.310 e. The summed E-state index contributed by atoms with van der Waals surface area (Å²) in [6, 6.07) is 56.3. The first-order valence-electron chi connectivity index (χ1n) is 16.7. The minimum atomic E-state index is -0.0956. The highest BCUT2D eigenvalue weighted by Gasteiger charge is 2.38. The van der Waals surface area contributed by atoms with Gasteiger partial charge in [-0.1, -0.05) is 149 Å². The standard InChI is InChI=1S/C46H37N/c1-45(2)40-27-25-32(28-38(40)44-35(20-13-22-41(44)45)31-14-6-5-7-15-31)47(43-23-12-17-30-16-8-9-18-34(30)43)33-24-26-37-36-19-10-11-21-39(36)46(3,4)42(37)29-33/h5-29H,1-4H3. The second kappa shape index (κ2) is 10.0. The first-order valence-corrected chi connectivity index (χ1v) is 16.7. The highest BCUT2D eigenvalue weighted by Crippen LogP contribution is 2.55. The molecule has 9 rings (SSSR count). The third-order valence-electron chi connectivity index (χ3n) is 10.9. The Balaban J connectivity index is 1.30. The lowest BCUT2D eigenvalue weighted by Gasteiger charge is -2.30. The van der Waals surface area contributed by atoms with Gasteiger partial charge in [-0.2, -0.15) is 0 Å². The molecule has 47 heavy (non-hydrogen) atoms. The van der Waals surface area contributed by atoms with Crippen molar-refractivity contribution in [3.63, 3.8) is 0 Å². The van der Waals surface area contributed by atoms with Gasteiger partial charge in [-0.15, -0.1) is 0 Å². The zero-order chi connectivity index (χ0) is 31.9. The molecule has 0 atom stereocenters. The lowest BCUT2D eigenvalue weighted by molar-refractivity contribution is 0.660. The van der Waals surface area contributed by atoms with Crippen LogP contribution in [0.2, 0.25) is 0 Å². The van der Waals surface area contributed by atoms with Crippen LogP contribution in [0.25, 0.3) is 44.2 Å². The van der Waals surface area contributed by atoms with Gasteiger partial charge in [-0.05, 0) is 91.4 Å². The zero-order valence-electron chi connectivity index (χ0n) is 27.4. The molecule has 0 aliphatic heterocycles. The Bertz CT molecular complexity index is 2350. The number of benzene rings is 7. The normalized spacial score (nSPS) is 14.7. The molecule has 0 fully saturated rings. The van der Waals surface area contributed by atoms with Crippen LogP contribution in [0, 0.1) is 0 Å². The molecular weight excluding hydrogens is 567 g/mol. The summed E-state index contributed by atoms with van der Waals surface area (Å²) in [7, 11) is 0. The monoisotopic (exact) mass is 603 g/mol. The summed E-state index contributed by atoms with van der Waals surface area (Å²) < 4.78 is 0.